The molecule has 0 bridgehead atoms. The van der Waals surface area contributed by atoms with Crippen LogP contribution in [0.2, 0.25) is 0 Å². The van der Waals surface area contributed by atoms with Gasteiger partial charge in [-0.25, -0.2) is 0 Å². The van der Waals surface area contributed by atoms with E-state index in [4.69, 9.17) is 4.74 Å². The Kier molecular flexibility index (Phi) is 5.98. The maximum atomic E-state index is 12.3. The highest BCUT2D eigenvalue weighted by Gasteiger charge is 2.16. The third-order valence-electron chi connectivity index (χ3n) is 3.57. The molecule has 0 saturated carbocycles. The van der Waals surface area contributed by atoms with Gasteiger partial charge in [-0.3, -0.25) is 4.79 Å². The van der Waals surface area contributed by atoms with Crippen LogP contribution in [0.4, 0.5) is 0 Å². The number of hydrogen-bond donors (Lipinski definition) is 2. The van der Waals surface area contributed by atoms with Crippen molar-refractivity contribution in [2.45, 2.75) is 19.0 Å². The highest BCUT2D eigenvalue weighted by atomic mass is 16.5. The molecule has 0 aliphatic heterocycles. The number of methoxy groups -OCH3 is 1. The van der Waals surface area contributed by atoms with Crippen LogP contribution in [0.1, 0.15) is 11.1 Å². The van der Waals surface area contributed by atoms with E-state index in [1.165, 1.54) is 0 Å². The molecule has 116 valence electrons. The van der Waals surface area contributed by atoms with Gasteiger partial charge in [-0.05, 0) is 36.7 Å². The molecule has 4 nitrogen and oxygen atoms in total. The molecule has 2 rings (SSSR count). The van der Waals surface area contributed by atoms with E-state index in [0.717, 1.165) is 16.9 Å². The number of ether oxygens (including phenoxy) is 1. The highest BCUT2D eigenvalue weighted by Crippen LogP contribution is 2.11. The monoisotopic (exact) mass is 298 g/mol. The first-order chi connectivity index (χ1) is 10.7. The summed E-state index contributed by atoms with van der Waals surface area (Å²) in [5, 5.41) is 6.04. The molecule has 0 aromatic heterocycles. The molecule has 22 heavy (non-hydrogen) atoms. The molecule has 1 amide bonds. The molecule has 2 aromatic carbocycles. The van der Waals surface area contributed by atoms with Crippen LogP contribution in [-0.4, -0.2) is 26.1 Å². The van der Waals surface area contributed by atoms with E-state index in [9.17, 15) is 4.79 Å². The third kappa shape index (κ3) is 4.60. The third-order valence-corrected chi connectivity index (χ3v) is 3.57. The molecule has 0 fully saturated rings. The minimum absolute atomic E-state index is 0.00201. The fourth-order valence-corrected chi connectivity index (χ4v) is 2.23. The Morgan fingerprint density at radius 1 is 1.05 bits per heavy atom. The van der Waals surface area contributed by atoms with Crippen LogP contribution in [0.5, 0.6) is 5.75 Å². The van der Waals surface area contributed by atoms with Gasteiger partial charge in [-0.1, -0.05) is 42.5 Å². The maximum absolute atomic E-state index is 12.3. The number of likely N-dealkylation sites (N-methyl/N-ethyl adjacent to an activating group) is 1. The zero-order chi connectivity index (χ0) is 15.8. The molecule has 0 radical (unpaired) electrons. The Bertz CT molecular complexity index is 582. The van der Waals surface area contributed by atoms with Crippen molar-refractivity contribution in [2.24, 2.45) is 0 Å². The van der Waals surface area contributed by atoms with Gasteiger partial charge in [-0.2, -0.15) is 0 Å². The second-order valence-corrected chi connectivity index (χ2v) is 5.10. The lowest BCUT2D eigenvalue weighted by atomic mass is 10.1. The fourth-order valence-electron chi connectivity index (χ4n) is 2.23. The van der Waals surface area contributed by atoms with Gasteiger partial charge in [0.15, 0.2) is 0 Å². The van der Waals surface area contributed by atoms with Crippen LogP contribution in [0.25, 0.3) is 0 Å². The van der Waals surface area contributed by atoms with Crippen molar-refractivity contribution >= 4 is 5.91 Å². The Labute approximate surface area is 131 Å². The fraction of sp³-hybridized carbons (Fsp3) is 0.278. The molecule has 2 aromatic rings. The van der Waals surface area contributed by atoms with Gasteiger partial charge in [-0.15, -0.1) is 0 Å². The largest absolute Gasteiger partial charge is 0.497 e. The minimum Gasteiger partial charge on any atom is -0.497 e. The molecule has 0 saturated heterocycles. The highest BCUT2D eigenvalue weighted by molar-refractivity contribution is 5.82. The van der Waals surface area contributed by atoms with Gasteiger partial charge in [0.2, 0.25) is 5.91 Å². The van der Waals surface area contributed by atoms with Gasteiger partial charge >= 0.3 is 0 Å². The average molecular weight is 298 g/mol. The summed E-state index contributed by atoms with van der Waals surface area (Å²) in [7, 11) is 3.44. The molecule has 1 unspecified atom stereocenters. The van der Waals surface area contributed by atoms with Gasteiger partial charge in [0.25, 0.3) is 0 Å². The van der Waals surface area contributed by atoms with Crippen LogP contribution in [0.15, 0.2) is 54.6 Å². The number of amides is 1. The van der Waals surface area contributed by atoms with E-state index in [2.05, 4.69) is 10.6 Å². The van der Waals surface area contributed by atoms with Gasteiger partial charge in [0, 0.05) is 6.54 Å². The first-order valence-corrected chi connectivity index (χ1v) is 7.34. The molecule has 0 aliphatic rings. The maximum Gasteiger partial charge on any atom is 0.237 e. The molecule has 2 N–H and O–H groups in total. The van der Waals surface area contributed by atoms with E-state index < -0.39 is 0 Å². The smallest absolute Gasteiger partial charge is 0.237 e. The molecule has 0 spiro atoms. The lowest BCUT2D eigenvalue weighted by Crippen LogP contribution is -2.43. The summed E-state index contributed by atoms with van der Waals surface area (Å²) in [4.78, 5) is 12.3. The summed E-state index contributed by atoms with van der Waals surface area (Å²) in [6.07, 6.45) is 0.672. The first kappa shape index (κ1) is 16.0. The van der Waals surface area contributed by atoms with Crippen molar-refractivity contribution in [2.75, 3.05) is 14.2 Å². The van der Waals surface area contributed by atoms with Crippen molar-refractivity contribution in [3.05, 3.63) is 65.7 Å². The second-order valence-electron chi connectivity index (χ2n) is 5.10. The number of carbonyl (C=O) groups excluding carboxylic acids is 1. The van der Waals surface area contributed by atoms with Crippen molar-refractivity contribution in [1.29, 1.82) is 0 Å². The van der Waals surface area contributed by atoms with Gasteiger partial charge < -0.3 is 15.4 Å². The normalized spacial score (nSPS) is 11.7. The quantitative estimate of drug-likeness (QED) is 0.823. The van der Waals surface area contributed by atoms with Crippen LogP contribution in [0.3, 0.4) is 0 Å². The van der Waals surface area contributed by atoms with Crippen LogP contribution in [-0.2, 0) is 17.8 Å². The molecule has 1 atom stereocenters. The van der Waals surface area contributed by atoms with Crippen molar-refractivity contribution in [3.8, 4) is 5.75 Å². The molecular weight excluding hydrogens is 276 g/mol. The summed E-state index contributed by atoms with van der Waals surface area (Å²) in [6, 6.07) is 17.4. The SMILES string of the molecule is CNC(Cc1ccccc1)C(=O)NCc1ccc(OC)cc1. The van der Waals surface area contributed by atoms with Crippen LogP contribution in [0, 0.1) is 0 Å². The number of rotatable bonds is 7. The zero-order valence-electron chi connectivity index (χ0n) is 13.0. The van der Waals surface area contributed by atoms with Gasteiger partial charge in [0.05, 0.1) is 13.2 Å². The second kappa shape index (κ2) is 8.20. The number of hydrogen-bond acceptors (Lipinski definition) is 3. The Hall–Kier alpha value is -2.33. The van der Waals surface area contributed by atoms with Crippen molar-refractivity contribution in [3.63, 3.8) is 0 Å². The summed E-state index contributed by atoms with van der Waals surface area (Å²) in [6.45, 7) is 0.510. The van der Waals surface area contributed by atoms with Crippen molar-refractivity contribution < 1.29 is 9.53 Å². The van der Waals surface area contributed by atoms with E-state index in [-0.39, 0.29) is 11.9 Å². The average Bonchev–Trinajstić information content (AvgIpc) is 2.59. The molecule has 0 heterocycles. The number of nitrogens with one attached hydrogen (secondary N) is 2. The van der Waals surface area contributed by atoms with E-state index in [0.29, 0.717) is 13.0 Å². The van der Waals surface area contributed by atoms with Gasteiger partial charge in [0.1, 0.15) is 5.75 Å². The summed E-state index contributed by atoms with van der Waals surface area (Å²) >= 11 is 0. The Balaban J connectivity index is 1.88. The topological polar surface area (TPSA) is 50.4 Å². The Morgan fingerprint density at radius 2 is 1.73 bits per heavy atom. The van der Waals surface area contributed by atoms with Crippen LogP contribution >= 0.6 is 0 Å². The number of carbonyl (C=O) groups is 1. The first-order valence-electron chi connectivity index (χ1n) is 7.34. The molecule has 0 aliphatic carbocycles. The standard InChI is InChI=1S/C18H22N2O2/c1-19-17(12-14-6-4-3-5-7-14)18(21)20-13-15-8-10-16(22-2)11-9-15/h3-11,17,19H,12-13H2,1-2H3,(H,20,21). The van der Waals surface area contributed by atoms with Crippen LogP contribution < -0.4 is 15.4 Å². The summed E-state index contributed by atoms with van der Waals surface area (Å²) < 4.78 is 5.12. The predicted molar refractivity (Wildman–Crippen MR) is 87.8 cm³/mol. The molecule has 4 heteroatoms. The van der Waals surface area contributed by atoms with E-state index in [1.807, 2.05) is 54.6 Å². The van der Waals surface area contributed by atoms with E-state index in [1.54, 1.807) is 14.2 Å². The predicted octanol–water partition coefficient (Wildman–Crippen LogP) is 2.14. The van der Waals surface area contributed by atoms with E-state index >= 15 is 0 Å². The molecular formula is C18H22N2O2. The van der Waals surface area contributed by atoms with Crippen molar-refractivity contribution in [1.82, 2.24) is 10.6 Å². The minimum atomic E-state index is -0.236. The summed E-state index contributed by atoms with van der Waals surface area (Å²) in [5.41, 5.74) is 2.19. The Morgan fingerprint density at radius 3 is 2.32 bits per heavy atom. The summed E-state index contributed by atoms with van der Waals surface area (Å²) in [5.74, 6) is 0.814. The zero-order valence-corrected chi connectivity index (χ0v) is 13.0. The lowest BCUT2D eigenvalue weighted by Gasteiger charge is -2.16. The lowest BCUT2D eigenvalue weighted by molar-refractivity contribution is -0.123. The number of benzene rings is 2.